The SMILES string of the molecule is CCOC(=O)NC(=O)CN(CC)CC(=O)NCCc1ccc(OC(F)F)cc1. The van der Waals surface area contributed by atoms with Crippen molar-refractivity contribution in [1.82, 2.24) is 15.5 Å². The Bertz CT molecular complexity index is 641. The summed E-state index contributed by atoms with van der Waals surface area (Å²) in [7, 11) is 0. The summed E-state index contributed by atoms with van der Waals surface area (Å²) >= 11 is 0. The summed E-state index contributed by atoms with van der Waals surface area (Å²) in [5.41, 5.74) is 0.850. The number of nitrogens with one attached hydrogen (secondary N) is 2. The second-order valence-electron chi connectivity index (χ2n) is 5.69. The summed E-state index contributed by atoms with van der Waals surface area (Å²) in [6, 6.07) is 6.15. The first-order valence-electron chi connectivity index (χ1n) is 8.83. The van der Waals surface area contributed by atoms with Crippen LogP contribution >= 0.6 is 0 Å². The first kappa shape index (κ1) is 23.3. The average molecular weight is 401 g/mol. The van der Waals surface area contributed by atoms with E-state index in [1.165, 1.54) is 12.1 Å². The van der Waals surface area contributed by atoms with Crippen LogP contribution in [-0.2, 0) is 20.7 Å². The van der Waals surface area contributed by atoms with Crippen LogP contribution in [0.15, 0.2) is 24.3 Å². The van der Waals surface area contributed by atoms with E-state index >= 15 is 0 Å². The molecule has 0 atom stereocenters. The normalized spacial score (nSPS) is 10.6. The van der Waals surface area contributed by atoms with Gasteiger partial charge in [0.1, 0.15) is 5.75 Å². The molecule has 0 aliphatic heterocycles. The van der Waals surface area contributed by atoms with Crippen molar-refractivity contribution in [2.45, 2.75) is 26.9 Å². The van der Waals surface area contributed by atoms with Crippen LogP contribution in [0.25, 0.3) is 0 Å². The molecule has 0 aromatic heterocycles. The van der Waals surface area contributed by atoms with E-state index in [0.29, 0.717) is 19.5 Å². The zero-order chi connectivity index (χ0) is 20.9. The Kier molecular flexibility index (Phi) is 10.5. The lowest BCUT2D eigenvalue weighted by Gasteiger charge is -2.19. The van der Waals surface area contributed by atoms with Crippen LogP contribution in [0.2, 0.25) is 0 Å². The minimum atomic E-state index is -2.87. The Morgan fingerprint density at radius 2 is 1.71 bits per heavy atom. The zero-order valence-corrected chi connectivity index (χ0v) is 15.9. The Morgan fingerprint density at radius 1 is 1.07 bits per heavy atom. The van der Waals surface area contributed by atoms with Gasteiger partial charge in [0.05, 0.1) is 19.7 Å². The number of halogens is 2. The number of ether oxygens (including phenoxy) is 2. The maximum Gasteiger partial charge on any atom is 0.413 e. The fourth-order valence-electron chi connectivity index (χ4n) is 2.25. The van der Waals surface area contributed by atoms with Gasteiger partial charge in [-0.25, -0.2) is 4.79 Å². The van der Waals surface area contributed by atoms with Gasteiger partial charge in [0.2, 0.25) is 11.8 Å². The van der Waals surface area contributed by atoms with E-state index in [0.717, 1.165) is 5.56 Å². The number of alkyl carbamates (subject to hydrolysis) is 1. The summed E-state index contributed by atoms with van der Waals surface area (Å²) in [6.45, 7) is 1.36. The van der Waals surface area contributed by atoms with Gasteiger partial charge in [-0.3, -0.25) is 19.8 Å². The van der Waals surface area contributed by atoms with Gasteiger partial charge in [0.15, 0.2) is 0 Å². The number of carbonyl (C=O) groups excluding carboxylic acids is 3. The number of nitrogens with zero attached hydrogens (tertiary/aromatic N) is 1. The fraction of sp³-hybridized carbons (Fsp3) is 0.500. The molecule has 1 aromatic rings. The smallest absolute Gasteiger partial charge is 0.413 e. The molecule has 0 aliphatic rings. The third-order valence-corrected chi connectivity index (χ3v) is 3.58. The van der Waals surface area contributed by atoms with Crippen LogP contribution in [-0.4, -0.2) is 62.2 Å². The van der Waals surface area contributed by atoms with E-state index in [1.807, 2.05) is 0 Å². The lowest BCUT2D eigenvalue weighted by atomic mass is 10.1. The minimum Gasteiger partial charge on any atom is -0.450 e. The number of hydrogen-bond acceptors (Lipinski definition) is 6. The van der Waals surface area contributed by atoms with Gasteiger partial charge in [0, 0.05) is 6.54 Å². The molecule has 0 radical (unpaired) electrons. The van der Waals surface area contributed by atoms with E-state index in [-0.39, 0.29) is 31.4 Å². The standard InChI is InChI=1S/C18H25F2N3O5/c1-3-23(12-16(25)22-18(26)27-4-2)11-15(24)21-10-9-13-5-7-14(8-6-13)28-17(19)20/h5-8,17H,3-4,9-12H2,1-2H3,(H,21,24)(H,22,25,26). The number of carbonyl (C=O) groups is 3. The Morgan fingerprint density at radius 3 is 2.29 bits per heavy atom. The van der Waals surface area contributed by atoms with E-state index in [2.05, 4.69) is 20.1 Å². The third kappa shape index (κ3) is 9.81. The number of benzene rings is 1. The average Bonchev–Trinajstić information content (AvgIpc) is 2.62. The lowest BCUT2D eigenvalue weighted by Crippen LogP contribution is -2.44. The molecule has 0 aliphatic carbocycles. The van der Waals surface area contributed by atoms with E-state index in [9.17, 15) is 23.2 Å². The second kappa shape index (κ2) is 12.6. The Hall–Kier alpha value is -2.75. The van der Waals surface area contributed by atoms with Crippen molar-refractivity contribution in [2.75, 3.05) is 32.8 Å². The van der Waals surface area contributed by atoms with Crippen molar-refractivity contribution in [1.29, 1.82) is 0 Å². The van der Waals surface area contributed by atoms with Crippen molar-refractivity contribution < 1.29 is 32.6 Å². The molecule has 10 heteroatoms. The summed E-state index contributed by atoms with van der Waals surface area (Å²) in [5, 5.41) is 4.79. The number of hydrogen-bond donors (Lipinski definition) is 2. The molecule has 28 heavy (non-hydrogen) atoms. The maximum absolute atomic E-state index is 12.1. The van der Waals surface area contributed by atoms with E-state index in [4.69, 9.17) is 0 Å². The molecule has 0 saturated carbocycles. The number of alkyl halides is 2. The van der Waals surface area contributed by atoms with Gasteiger partial charge < -0.3 is 14.8 Å². The molecule has 0 bridgehead atoms. The minimum absolute atomic E-state index is 0.00604. The highest BCUT2D eigenvalue weighted by Crippen LogP contribution is 2.14. The number of rotatable bonds is 11. The number of amides is 3. The molecule has 8 nitrogen and oxygen atoms in total. The second-order valence-corrected chi connectivity index (χ2v) is 5.69. The van der Waals surface area contributed by atoms with Crippen LogP contribution in [0.5, 0.6) is 5.75 Å². The number of likely N-dealkylation sites (N-methyl/N-ethyl adjacent to an activating group) is 1. The van der Waals surface area contributed by atoms with Crippen LogP contribution in [0.4, 0.5) is 13.6 Å². The van der Waals surface area contributed by atoms with E-state index in [1.54, 1.807) is 30.9 Å². The van der Waals surface area contributed by atoms with Crippen molar-refractivity contribution >= 4 is 17.9 Å². The first-order chi connectivity index (χ1) is 13.3. The highest BCUT2D eigenvalue weighted by Gasteiger charge is 2.15. The first-order valence-corrected chi connectivity index (χ1v) is 8.83. The predicted molar refractivity (Wildman–Crippen MR) is 97.1 cm³/mol. The molecule has 3 amide bonds. The molecular weight excluding hydrogens is 376 g/mol. The summed E-state index contributed by atoms with van der Waals surface area (Å²) in [5.74, 6) is -0.759. The summed E-state index contributed by atoms with van der Waals surface area (Å²) < 4.78 is 33.1. The summed E-state index contributed by atoms with van der Waals surface area (Å²) in [4.78, 5) is 36.5. The highest BCUT2D eigenvalue weighted by molar-refractivity contribution is 5.93. The largest absolute Gasteiger partial charge is 0.450 e. The molecule has 156 valence electrons. The van der Waals surface area contributed by atoms with Gasteiger partial charge in [0.25, 0.3) is 0 Å². The van der Waals surface area contributed by atoms with Crippen LogP contribution in [0.3, 0.4) is 0 Å². The zero-order valence-electron chi connectivity index (χ0n) is 15.9. The quantitative estimate of drug-likeness (QED) is 0.584. The number of imide groups is 1. The van der Waals surface area contributed by atoms with E-state index < -0.39 is 18.6 Å². The summed E-state index contributed by atoms with van der Waals surface area (Å²) in [6.07, 6.45) is -0.311. The predicted octanol–water partition coefficient (Wildman–Crippen LogP) is 1.54. The monoisotopic (exact) mass is 401 g/mol. The lowest BCUT2D eigenvalue weighted by molar-refractivity contribution is -0.124. The molecule has 2 N–H and O–H groups in total. The highest BCUT2D eigenvalue weighted by atomic mass is 19.3. The van der Waals surface area contributed by atoms with Crippen molar-refractivity contribution in [3.63, 3.8) is 0 Å². The molecule has 0 heterocycles. The molecule has 1 rings (SSSR count). The maximum atomic E-state index is 12.1. The Balaban J connectivity index is 2.33. The molecular formula is C18H25F2N3O5. The van der Waals surface area contributed by atoms with Crippen molar-refractivity contribution in [3.8, 4) is 5.75 Å². The fourth-order valence-corrected chi connectivity index (χ4v) is 2.25. The molecule has 0 spiro atoms. The van der Waals surface area contributed by atoms with Crippen LogP contribution in [0, 0.1) is 0 Å². The van der Waals surface area contributed by atoms with Crippen LogP contribution < -0.4 is 15.4 Å². The molecule has 1 aromatic carbocycles. The third-order valence-electron chi connectivity index (χ3n) is 3.58. The van der Waals surface area contributed by atoms with Crippen molar-refractivity contribution in [3.05, 3.63) is 29.8 Å². The van der Waals surface area contributed by atoms with Gasteiger partial charge in [-0.2, -0.15) is 8.78 Å². The van der Waals surface area contributed by atoms with Gasteiger partial charge >= 0.3 is 12.7 Å². The van der Waals surface area contributed by atoms with Gasteiger partial charge in [-0.15, -0.1) is 0 Å². The van der Waals surface area contributed by atoms with Gasteiger partial charge in [-0.1, -0.05) is 19.1 Å². The molecule has 0 fully saturated rings. The topological polar surface area (TPSA) is 97.0 Å². The van der Waals surface area contributed by atoms with Gasteiger partial charge in [-0.05, 0) is 37.6 Å². The Labute approximate surface area is 162 Å². The molecule has 0 unspecified atom stereocenters. The van der Waals surface area contributed by atoms with Crippen LogP contribution in [0.1, 0.15) is 19.4 Å². The molecule has 0 saturated heterocycles. The van der Waals surface area contributed by atoms with Crippen molar-refractivity contribution in [2.24, 2.45) is 0 Å².